The number of hydrogen-bond acceptors (Lipinski definition) is 4. The molecule has 0 saturated carbocycles. The van der Waals surface area contributed by atoms with E-state index in [-0.39, 0.29) is 22.0 Å². The normalized spacial score (nSPS) is 12.6. The quantitative estimate of drug-likeness (QED) is 0.545. The molecule has 9 heteroatoms. The van der Waals surface area contributed by atoms with Crippen molar-refractivity contribution >= 4 is 28.1 Å². The van der Waals surface area contributed by atoms with E-state index in [1.165, 1.54) is 17.2 Å². The molecule has 1 heterocycles. The summed E-state index contributed by atoms with van der Waals surface area (Å²) in [5.41, 5.74) is -0.0881. The van der Waals surface area contributed by atoms with E-state index in [0.717, 1.165) is 12.1 Å². The lowest BCUT2D eigenvalue weighted by molar-refractivity contribution is -0.141. The molecule has 0 saturated heterocycles. The van der Waals surface area contributed by atoms with Gasteiger partial charge in [-0.3, -0.25) is 0 Å². The van der Waals surface area contributed by atoms with Gasteiger partial charge in [-0.25, -0.2) is 14.5 Å². The number of rotatable bonds is 4. The largest absolute Gasteiger partial charge is 0.459 e. The van der Waals surface area contributed by atoms with Crippen molar-refractivity contribution < 1.29 is 22.7 Å². The Kier molecular flexibility index (Phi) is 5.66. The number of nitrogens with zero attached hydrogens (tertiary/aromatic N) is 3. The number of esters is 1. The summed E-state index contributed by atoms with van der Waals surface area (Å²) in [6.45, 7) is 4.98. The number of benzene rings is 1. The average molecular weight is 418 g/mol. The van der Waals surface area contributed by atoms with Gasteiger partial charge in [-0.2, -0.15) is 13.2 Å². The van der Waals surface area contributed by atoms with Crippen LogP contribution in [-0.2, 0) is 15.7 Å². The predicted octanol–water partition coefficient (Wildman–Crippen LogP) is 4.42. The van der Waals surface area contributed by atoms with Gasteiger partial charge in [-0.05, 0) is 60.5 Å². The number of aryl methyl sites for hydroxylation is 1. The lowest BCUT2D eigenvalue weighted by Gasteiger charge is -2.09. The maximum Gasteiger partial charge on any atom is 0.416 e. The Labute approximate surface area is 150 Å². The first-order valence-corrected chi connectivity index (χ1v) is 8.04. The smallest absolute Gasteiger partial charge is 0.416 e. The van der Waals surface area contributed by atoms with Crippen LogP contribution in [0.25, 0.3) is 17.6 Å². The lowest BCUT2D eigenvalue weighted by atomic mass is 10.1. The molecule has 0 radical (unpaired) electrons. The van der Waals surface area contributed by atoms with E-state index in [9.17, 15) is 18.0 Å². The van der Waals surface area contributed by atoms with Gasteiger partial charge >= 0.3 is 12.1 Å². The zero-order chi connectivity index (χ0) is 18.8. The van der Waals surface area contributed by atoms with Crippen LogP contribution in [-0.4, -0.2) is 26.8 Å². The summed E-state index contributed by atoms with van der Waals surface area (Å²) >= 11 is 3.07. The fourth-order valence-corrected chi connectivity index (χ4v) is 2.29. The highest BCUT2D eigenvalue weighted by atomic mass is 79.9. The predicted molar refractivity (Wildman–Crippen MR) is 89.6 cm³/mol. The SMILES string of the molecule is Cc1cc(-c2ncn(/C=C(\Br)C(=O)OC(C)C)n2)cc(C(F)(F)F)c1. The Bertz CT molecular complexity index is 813. The van der Waals surface area contributed by atoms with Crippen LogP contribution >= 0.6 is 15.9 Å². The standard InChI is InChI=1S/C16H15BrF3N3O2/c1-9(2)25-15(24)13(17)7-23-8-21-14(22-23)11-4-10(3)5-12(6-11)16(18,19)20/h4-9H,1-3H3/b13-7-. The highest BCUT2D eigenvalue weighted by Crippen LogP contribution is 2.32. The summed E-state index contributed by atoms with van der Waals surface area (Å²) in [6.07, 6.45) is -2.13. The molecule has 0 atom stereocenters. The number of aromatic nitrogens is 3. The molecule has 25 heavy (non-hydrogen) atoms. The average Bonchev–Trinajstić information content (AvgIpc) is 2.93. The number of halogens is 4. The van der Waals surface area contributed by atoms with Gasteiger partial charge < -0.3 is 4.74 Å². The number of carbonyl (C=O) groups is 1. The van der Waals surface area contributed by atoms with Gasteiger partial charge in [0.2, 0.25) is 0 Å². The minimum Gasteiger partial charge on any atom is -0.459 e. The fourth-order valence-electron chi connectivity index (χ4n) is 1.98. The van der Waals surface area contributed by atoms with Crippen LogP contribution in [0.3, 0.4) is 0 Å². The van der Waals surface area contributed by atoms with E-state index in [2.05, 4.69) is 26.0 Å². The summed E-state index contributed by atoms with van der Waals surface area (Å²) in [4.78, 5) is 15.7. The topological polar surface area (TPSA) is 57.0 Å². The van der Waals surface area contributed by atoms with Gasteiger partial charge in [0.05, 0.1) is 17.9 Å². The number of hydrogen-bond donors (Lipinski definition) is 0. The molecule has 0 fully saturated rings. The molecule has 1 aromatic heterocycles. The second-order valence-electron chi connectivity index (χ2n) is 5.56. The number of ether oxygens (including phenoxy) is 1. The van der Waals surface area contributed by atoms with E-state index in [0.29, 0.717) is 5.56 Å². The van der Waals surface area contributed by atoms with Crippen LogP contribution in [0.5, 0.6) is 0 Å². The van der Waals surface area contributed by atoms with Crippen molar-refractivity contribution in [1.29, 1.82) is 0 Å². The van der Waals surface area contributed by atoms with Gasteiger partial charge in [0.15, 0.2) is 5.82 Å². The Balaban J connectivity index is 2.30. The summed E-state index contributed by atoms with van der Waals surface area (Å²) in [5, 5.41) is 4.07. The van der Waals surface area contributed by atoms with Crippen molar-refractivity contribution in [3.05, 3.63) is 40.1 Å². The van der Waals surface area contributed by atoms with Gasteiger partial charge in [0, 0.05) is 5.56 Å². The van der Waals surface area contributed by atoms with Crippen molar-refractivity contribution in [2.45, 2.75) is 33.1 Å². The minimum absolute atomic E-state index is 0.109. The van der Waals surface area contributed by atoms with Crippen molar-refractivity contribution in [3.63, 3.8) is 0 Å². The van der Waals surface area contributed by atoms with Crippen LogP contribution in [0, 0.1) is 6.92 Å². The van der Waals surface area contributed by atoms with Crippen LogP contribution in [0.2, 0.25) is 0 Å². The molecule has 0 aliphatic rings. The van der Waals surface area contributed by atoms with Crippen LogP contribution in [0.4, 0.5) is 13.2 Å². The first-order chi connectivity index (χ1) is 11.6. The van der Waals surface area contributed by atoms with Crippen molar-refractivity contribution in [2.24, 2.45) is 0 Å². The minimum atomic E-state index is -4.45. The van der Waals surface area contributed by atoms with Crippen molar-refractivity contribution in [3.8, 4) is 11.4 Å². The van der Waals surface area contributed by atoms with E-state index >= 15 is 0 Å². The summed E-state index contributed by atoms with van der Waals surface area (Å²) < 4.78 is 45.1. The van der Waals surface area contributed by atoms with Crippen LogP contribution in [0.1, 0.15) is 25.0 Å². The third-order valence-electron chi connectivity index (χ3n) is 2.95. The van der Waals surface area contributed by atoms with Crippen molar-refractivity contribution in [2.75, 3.05) is 0 Å². The maximum absolute atomic E-state index is 12.9. The molecule has 1 aromatic carbocycles. The van der Waals surface area contributed by atoms with Crippen molar-refractivity contribution in [1.82, 2.24) is 14.8 Å². The molecule has 0 aliphatic heterocycles. The van der Waals surface area contributed by atoms with Crippen LogP contribution < -0.4 is 0 Å². The first kappa shape index (κ1) is 19.2. The molecule has 2 rings (SSSR count). The second kappa shape index (κ2) is 7.38. The highest BCUT2D eigenvalue weighted by Gasteiger charge is 2.31. The van der Waals surface area contributed by atoms with E-state index in [1.54, 1.807) is 26.8 Å². The summed E-state index contributed by atoms with van der Waals surface area (Å²) in [5.74, 6) is -0.468. The monoisotopic (exact) mass is 417 g/mol. The molecule has 0 amide bonds. The molecule has 2 aromatic rings. The Hall–Kier alpha value is -2.16. The third-order valence-corrected chi connectivity index (χ3v) is 3.48. The lowest BCUT2D eigenvalue weighted by Crippen LogP contribution is -2.11. The summed E-state index contributed by atoms with van der Waals surface area (Å²) in [6, 6.07) is 3.60. The van der Waals surface area contributed by atoms with Gasteiger partial charge in [0.1, 0.15) is 10.8 Å². The number of alkyl halides is 3. The van der Waals surface area contributed by atoms with Gasteiger partial charge in [-0.1, -0.05) is 0 Å². The molecule has 5 nitrogen and oxygen atoms in total. The van der Waals surface area contributed by atoms with E-state index in [4.69, 9.17) is 4.74 Å². The first-order valence-electron chi connectivity index (χ1n) is 7.25. The molecule has 0 spiro atoms. The fraction of sp³-hybridized carbons (Fsp3) is 0.312. The van der Waals surface area contributed by atoms with Gasteiger partial charge in [-0.15, -0.1) is 5.10 Å². The Morgan fingerprint density at radius 2 is 2.00 bits per heavy atom. The Morgan fingerprint density at radius 3 is 2.60 bits per heavy atom. The number of carbonyl (C=O) groups excluding carboxylic acids is 1. The summed E-state index contributed by atoms with van der Waals surface area (Å²) in [7, 11) is 0. The Morgan fingerprint density at radius 1 is 1.32 bits per heavy atom. The third kappa shape index (κ3) is 5.15. The molecular weight excluding hydrogens is 403 g/mol. The zero-order valence-electron chi connectivity index (χ0n) is 13.6. The molecule has 0 aliphatic carbocycles. The van der Waals surface area contributed by atoms with E-state index < -0.39 is 17.7 Å². The van der Waals surface area contributed by atoms with Gasteiger partial charge in [0.25, 0.3) is 0 Å². The van der Waals surface area contributed by atoms with Crippen LogP contribution in [0.15, 0.2) is 29.0 Å². The van der Waals surface area contributed by atoms with E-state index in [1.807, 2.05) is 0 Å². The second-order valence-corrected chi connectivity index (χ2v) is 6.42. The zero-order valence-corrected chi connectivity index (χ0v) is 15.2. The maximum atomic E-state index is 12.9. The molecule has 0 N–H and O–H groups in total. The molecular formula is C16H15BrF3N3O2. The molecule has 0 unspecified atom stereocenters. The highest BCUT2D eigenvalue weighted by molar-refractivity contribution is 9.12. The molecule has 0 bridgehead atoms. The molecule has 134 valence electrons.